The minimum Gasteiger partial charge on any atom is -0.384 e. The number of carbonyl (C=O) groups is 1. The Kier molecular flexibility index (Phi) is 3.93. The Hall–Kier alpha value is -2.26. The topological polar surface area (TPSA) is 94.5 Å². The van der Waals surface area contributed by atoms with Crippen LogP contribution in [0, 0.1) is 0 Å². The maximum atomic E-state index is 12.0. The van der Waals surface area contributed by atoms with Gasteiger partial charge < -0.3 is 14.6 Å². The van der Waals surface area contributed by atoms with Crippen LogP contribution in [0.3, 0.4) is 0 Å². The van der Waals surface area contributed by atoms with E-state index in [1.165, 1.54) is 11.3 Å². The summed E-state index contributed by atoms with van der Waals surface area (Å²) in [5.74, 6) is 0.647. The van der Waals surface area contributed by atoms with E-state index in [1.54, 1.807) is 17.7 Å². The van der Waals surface area contributed by atoms with Crippen molar-refractivity contribution >= 4 is 22.2 Å². The lowest BCUT2D eigenvalue weighted by atomic mass is 10.4. The lowest BCUT2D eigenvalue weighted by Gasteiger charge is -1.97. The van der Waals surface area contributed by atoms with E-state index in [-0.39, 0.29) is 12.5 Å². The highest BCUT2D eigenvalue weighted by Gasteiger charge is 2.13. The molecule has 0 aliphatic carbocycles. The first-order valence-electron chi connectivity index (χ1n) is 6.27. The summed E-state index contributed by atoms with van der Waals surface area (Å²) in [5.41, 5.74) is 0.366. The number of nitrogens with zero attached hydrogens (tertiary/aromatic N) is 4. The van der Waals surface area contributed by atoms with E-state index in [0.29, 0.717) is 30.4 Å². The molecule has 0 aliphatic rings. The van der Waals surface area contributed by atoms with Gasteiger partial charge in [-0.05, 0) is 0 Å². The smallest absolute Gasteiger partial charge is 0.271 e. The number of imidazole rings is 1. The van der Waals surface area contributed by atoms with Gasteiger partial charge in [0.1, 0.15) is 5.69 Å². The van der Waals surface area contributed by atoms with Gasteiger partial charge in [-0.1, -0.05) is 5.16 Å². The number of amides is 1. The number of thiazole rings is 1. The van der Waals surface area contributed by atoms with E-state index in [0.717, 1.165) is 4.96 Å². The van der Waals surface area contributed by atoms with Crippen molar-refractivity contribution in [3.05, 3.63) is 35.2 Å². The predicted molar refractivity (Wildman–Crippen MR) is 74.1 cm³/mol. The highest BCUT2D eigenvalue weighted by atomic mass is 32.1. The van der Waals surface area contributed by atoms with Gasteiger partial charge in [0.15, 0.2) is 10.8 Å². The number of carbonyl (C=O) groups excluding carboxylic acids is 1. The van der Waals surface area contributed by atoms with Gasteiger partial charge in [0, 0.05) is 24.9 Å². The molecule has 0 atom stereocenters. The Morgan fingerprint density at radius 2 is 2.43 bits per heavy atom. The fourth-order valence-corrected chi connectivity index (χ4v) is 2.44. The summed E-state index contributed by atoms with van der Waals surface area (Å²) in [6.07, 6.45) is 4.08. The Morgan fingerprint density at radius 3 is 3.24 bits per heavy atom. The summed E-state index contributed by atoms with van der Waals surface area (Å²) in [6, 6.07) is 0. The molecule has 0 fully saturated rings. The molecule has 9 heteroatoms. The number of nitrogens with one attached hydrogen (secondary N) is 1. The minimum atomic E-state index is -0.269. The number of hydrogen-bond acceptors (Lipinski definition) is 7. The number of rotatable bonds is 6. The molecule has 110 valence electrons. The van der Waals surface area contributed by atoms with Crippen LogP contribution in [-0.2, 0) is 17.7 Å². The second kappa shape index (κ2) is 6.02. The molecule has 3 aromatic rings. The maximum Gasteiger partial charge on any atom is 0.271 e. The molecule has 3 rings (SSSR count). The summed E-state index contributed by atoms with van der Waals surface area (Å²) < 4.78 is 11.8. The van der Waals surface area contributed by atoms with Crippen LogP contribution in [0.1, 0.15) is 22.2 Å². The second-order valence-corrected chi connectivity index (χ2v) is 5.12. The Bertz CT molecular complexity index is 718. The van der Waals surface area contributed by atoms with Gasteiger partial charge in [0.25, 0.3) is 5.91 Å². The monoisotopic (exact) mass is 307 g/mol. The molecule has 0 saturated heterocycles. The first-order valence-corrected chi connectivity index (χ1v) is 7.15. The molecular weight excluding hydrogens is 294 g/mol. The molecule has 3 heterocycles. The average molecular weight is 307 g/mol. The fourth-order valence-electron chi connectivity index (χ4n) is 1.74. The summed E-state index contributed by atoms with van der Waals surface area (Å²) in [6.45, 7) is 0.708. The molecule has 0 saturated carbocycles. The van der Waals surface area contributed by atoms with Crippen molar-refractivity contribution in [2.75, 3.05) is 13.7 Å². The van der Waals surface area contributed by atoms with Gasteiger partial charge in [-0.2, -0.15) is 4.98 Å². The van der Waals surface area contributed by atoms with Gasteiger partial charge in [-0.3, -0.25) is 9.20 Å². The van der Waals surface area contributed by atoms with Gasteiger partial charge in [0.2, 0.25) is 5.89 Å². The molecule has 0 unspecified atom stereocenters. The molecule has 0 aliphatic heterocycles. The zero-order valence-electron chi connectivity index (χ0n) is 11.3. The highest BCUT2D eigenvalue weighted by molar-refractivity contribution is 7.15. The average Bonchev–Trinajstić information content (AvgIpc) is 3.17. The van der Waals surface area contributed by atoms with Crippen molar-refractivity contribution in [3.63, 3.8) is 0 Å². The van der Waals surface area contributed by atoms with Gasteiger partial charge in [-0.15, -0.1) is 11.3 Å². The third-order valence-electron chi connectivity index (χ3n) is 2.76. The van der Waals surface area contributed by atoms with Crippen molar-refractivity contribution < 1.29 is 14.1 Å². The van der Waals surface area contributed by atoms with E-state index >= 15 is 0 Å². The molecule has 3 aromatic heterocycles. The van der Waals surface area contributed by atoms with Crippen molar-refractivity contribution in [3.8, 4) is 0 Å². The SMILES string of the molecule is COCCc1nc(CNC(=O)c2cn3ccsc3n2)no1. The molecule has 0 radical (unpaired) electrons. The fraction of sp³-hybridized carbons (Fsp3) is 0.333. The van der Waals surface area contributed by atoms with Crippen LogP contribution in [0.15, 0.2) is 22.3 Å². The van der Waals surface area contributed by atoms with Crippen molar-refractivity contribution in [1.29, 1.82) is 0 Å². The van der Waals surface area contributed by atoms with Crippen molar-refractivity contribution in [2.24, 2.45) is 0 Å². The molecule has 1 N–H and O–H groups in total. The van der Waals surface area contributed by atoms with Crippen LogP contribution in [0.4, 0.5) is 0 Å². The second-order valence-electron chi connectivity index (χ2n) is 4.25. The maximum absolute atomic E-state index is 12.0. The molecule has 0 spiro atoms. The van der Waals surface area contributed by atoms with E-state index in [9.17, 15) is 4.79 Å². The molecule has 21 heavy (non-hydrogen) atoms. The summed E-state index contributed by atoms with van der Waals surface area (Å²) in [7, 11) is 1.60. The van der Waals surface area contributed by atoms with Crippen molar-refractivity contribution in [2.45, 2.75) is 13.0 Å². The third-order valence-corrected chi connectivity index (χ3v) is 3.53. The quantitative estimate of drug-likeness (QED) is 0.727. The number of ether oxygens (including phenoxy) is 1. The van der Waals surface area contributed by atoms with E-state index < -0.39 is 0 Å². The zero-order chi connectivity index (χ0) is 14.7. The lowest BCUT2D eigenvalue weighted by molar-refractivity contribution is 0.0945. The Balaban J connectivity index is 1.58. The third kappa shape index (κ3) is 3.09. The van der Waals surface area contributed by atoms with Crippen LogP contribution in [0.25, 0.3) is 4.96 Å². The molecule has 0 aromatic carbocycles. The normalized spacial score (nSPS) is 11.1. The number of aromatic nitrogens is 4. The van der Waals surface area contributed by atoms with Gasteiger partial charge in [-0.25, -0.2) is 4.98 Å². The molecular formula is C12H13N5O3S. The number of fused-ring (bicyclic) bond motifs is 1. The van der Waals surface area contributed by atoms with Crippen LogP contribution in [-0.4, -0.2) is 39.1 Å². The van der Waals surface area contributed by atoms with Crippen LogP contribution < -0.4 is 5.32 Å². The van der Waals surface area contributed by atoms with Crippen molar-refractivity contribution in [1.82, 2.24) is 24.8 Å². The molecule has 1 amide bonds. The van der Waals surface area contributed by atoms with Crippen LogP contribution in [0.5, 0.6) is 0 Å². The summed E-state index contributed by atoms with van der Waals surface area (Å²) >= 11 is 1.47. The predicted octanol–water partition coefficient (Wildman–Crippen LogP) is 0.898. The van der Waals surface area contributed by atoms with Crippen LogP contribution >= 0.6 is 11.3 Å². The van der Waals surface area contributed by atoms with Gasteiger partial charge in [0.05, 0.1) is 19.6 Å². The largest absolute Gasteiger partial charge is 0.384 e. The summed E-state index contributed by atoms with van der Waals surface area (Å²) in [5, 5.41) is 8.40. The number of methoxy groups -OCH3 is 1. The van der Waals surface area contributed by atoms with Crippen LogP contribution in [0.2, 0.25) is 0 Å². The summed E-state index contributed by atoms with van der Waals surface area (Å²) in [4.78, 5) is 21.1. The minimum absolute atomic E-state index is 0.195. The molecule has 0 bridgehead atoms. The zero-order valence-corrected chi connectivity index (χ0v) is 12.1. The number of hydrogen-bond donors (Lipinski definition) is 1. The Labute approximate surface area is 123 Å². The van der Waals surface area contributed by atoms with E-state index in [2.05, 4.69) is 20.4 Å². The van der Waals surface area contributed by atoms with E-state index in [4.69, 9.17) is 9.26 Å². The molecule has 8 nitrogen and oxygen atoms in total. The van der Waals surface area contributed by atoms with E-state index in [1.807, 2.05) is 11.6 Å². The lowest BCUT2D eigenvalue weighted by Crippen LogP contribution is -2.23. The van der Waals surface area contributed by atoms with Gasteiger partial charge >= 0.3 is 0 Å². The highest BCUT2D eigenvalue weighted by Crippen LogP contribution is 2.11. The standard InChI is InChI=1S/C12H13N5O3S/c1-19-4-2-10-15-9(16-20-10)6-13-11(18)8-7-17-3-5-21-12(17)14-8/h3,5,7H,2,4,6H2,1H3,(H,13,18). The first-order chi connectivity index (χ1) is 10.3. The first kappa shape index (κ1) is 13.7. The Morgan fingerprint density at radius 1 is 1.52 bits per heavy atom.